The summed E-state index contributed by atoms with van der Waals surface area (Å²) in [5.41, 5.74) is 1.21. The molecule has 27 heavy (non-hydrogen) atoms. The van der Waals surface area contributed by atoms with E-state index in [4.69, 9.17) is 4.74 Å². The standard InChI is InChI=1S/C18H19N3O4S2/c1-3-25-12-9-10-15-16(11-12)26-18(19-15)20-17(22)13-7-5-6-8-14(13)21-27(23,24)4-2/h5-11,21H,3-4H2,1-2H3,(H,19,20,22). The molecule has 0 radical (unpaired) electrons. The lowest BCUT2D eigenvalue weighted by Gasteiger charge is -2.10. The van der Waals surface area contributed by atoms with Crippen molar-refractivity contribution in [3.8, 4) is 5.75 Å². The molecule has 9 heteroatoms. The number of rotatable bonds is 7. The Balaban J connectivity index is 1.84. The summed E-state index contributed by atoms with van der Waals surface area (Å²) in [6, 6.07) is 12.0. The van der Waals surface area contributed by atoms with E-state index >= 15 is 0 Å². The highest BCUT2D eigenvalue weighted by atomic mass is 32.2. The van der Waals surface area contributed by atoms with Gasteiger partial charge < -0.3 is 4.74 Å². The van der Waals surface area contributed by atoms with Crippen LogP contribution in [0, 0.1) is 0 Å². The summed E-state index contributed by atoms with van der Waals surface area (Å²) in [6.45, 7) is 4.01. The van der Waals surface area contributed by atoms with E-state index in [1.807, 2.05) is 25.1 Å². The Morgan fingerprint density at radius 1 is 1.19 bits per heavy atom. The Hall–Kier alpha value is -2.65. The van der Waals surface area contributed by atoms with Crippen LogP contribution < -0.4 is 14.8 Å². The Kier molecular flexibility index (Phi) is 5.62. The van der Waals surface area contributed by atoms with Crippen LogP contribution in [-0.4, -0.2) is 31.7 Å². The fourth-order valence-electron chi connectivity index (χ4n) is 2.39. The topological polar surface area (TPSA) is 97.4 Å². The zero-order valence-electron chi connectivity index (χ0n) is 14.9. The summed E-state index contributed by atoms with van der Waals surface area (Å²) in [7, 11) is -3.49. The molecule has 0 aliphatic heterocycles. The summed E-state index contributed by atoms with van der Waals surface area (Å²) in [5, 5.41) is 3.16. The van der Waals surface area contributed by atoms with Crippen molar-refractivity contribution >= 4 is 48.3 Å². The first-order valence-corrected chi connectivity index (χ1v) is 10.8. The summed E-state index contributed by atoms with van der Waals surface area (Å²) < 4.78 is 32.5. The lowest BCUT2D eigenvalue weighted by Crippen LogP contribution is -2.19. The van der Waals surface area contributed by atoms with E-state index in [-0.39, 0.29) is 17.0 Å². The molecule has 3 aromatic rings. The minimum Gasteiger partial charge on any atom is -0.494 e. The van der Waals surface area contributed by atoms with Gasteiger partial charge >= 0.3 is 0 Å². The number of benzene rings is 2. The number of sulfonamides is 1. The van der Waals surface area contributed by atoms with E-state index in [1.165, 1.54) is 18.3 Å². The van der Waals surface area contributed by atoms with Crippen LogP contribution in [0.4, 0.5) is 10.8 Å². The number of ether oxygens (including phenoxy) is 1. The molecule has 0 saturated carbocycles. The van der Waals surface area contributed by atoms with Crippen molar-refractivity contribution in [2.75, 3.05) is 22.4 Å². The van der Waals surface area contributed by atoms with Crippen LogP contribution in [0.3, 0.4) is 0 Å². The third kappa shape index (κ3) is 4.55. The van der Waals surface area contributed by atoms with E-state index in [9.17, 15) is 13.2 Å². The van der Waals surface area contributed by atoms with Gasteiger partial charge in [-0.05, 0) is 44.2 Å². The molecule has 142 valence electrons. The molecule has 2 aromatic carbocycles. The van der Waals surface area contributed by atoms with Crippen molar-refractivity contribution < 1.29 is 17.9 Å². The summed E-state index contributed by atoms with van der Waals surface area (Å²) in [5.74, 6) is 0.225. The monoisotopic (exact) mass is 405 g/mol. The average molecular weight is 406 g/mol. The number of para-hydroxylation sites is 1. The van der Waals surface area contributed by atoms with Crippen LogP contribution in [0.5, 0.6) is 5.75 Å². The normalized spacial score (nSPS) is 11.3. The van der Waals surface area contributed by atoms with E-state index < -0.39 is 15.9 Å². The molecule has 0 aliphatic carbocycles. The first-order valence-electron chi connectivity index (χ1n) is 8.36. The zero-order chi connectivity index (χ0) is 19.4. The number of amides is 1. The molecule has 0 fully saturated rings. The largest absolute Gasteiger partial charge is 0.494 e. The number of nitrogens with one attached hydrogen (secondary N) is 2. The molecule has 1 amide bonds. The molecule has 7 nitrogen and oxygen atoms in total. The number of carbonyl (C=O) groups excluding carboxylic acids is 1. The van der Waals surface area contributed by atoms with Gasteiger partial charge in [-0.2, -0.15) is 0 Å². The maximum atomic E-state index is 12.7. The van der Waals surface area contributed by atoms with Crippen LogP contribution in [0.1, 0.15) is 24.2 Å². The molecular weight excluding hydrogens is 386 g/mol. The van der Waals surface area contributed by atoms with Gasteiger partial charge in [0.05, 0.1) is 33.8 Å². The minimum atomic E-state index is -3.49. The highest BCUT2D eigenvalue weighted by Crippen LogP contribution is 2.30. The van der Waals surface area contributed by atoms with Gasteiger partial charge in [0, 0.05) is 0 Å². The minimum absolute atomic E-state index is 0.0804. The molecule has 1 heterocycles. The van der Waals surface area contributed by atoms with Gasteiger partial charge in [0.2, 0.25) is 10.0 Å². The smallest absolute Gasteiger partial charge is 0.259 e. The molecule has 0 atom stereocenters. The van der Waals surface area contributed by atoms with Crippen LogP contribution >= 0.6 is 11.3 Å². The van der Waals surface area contributed by atoms with Crippen molar-refractivity contribution in [3.63, 3.8) is 0 Å². The molecule has 0 unspecified atom stereocenters. The van der Waals surface area contributed by atoms with Crippen molar-refractivity contribution in [3.05, 3.63) is 48.0 Å². The van der Waals surface area contributed by atoms with Crippen molar-refractivity contribution in [2.24, 2.45) is 0 Å². The predicted octanol–water partition coefficient (Wildman–Crippen LogP) is 3.71. The summed E-state index contributed by atoms with van der Waals surface area (Å²) >= 11 is 1.32. The fourth-order valence-corrected chi connectivity index (χ4v) is 3.94. The number of carbonyl (C=O) groups is 1. The Bertz CT molecular complexity index is 1080. The molecule has 1 aromatic heterocycles. The number of thiazole rings is 1. The summed E-state index contributed by atoms with van der Waals surface area (Å²) in [6.07, 6.45) is 0. The SMILES string of the molecule is CCOc1ccc2nc(NC(=O)c3ccccc3NS(=O)(=O)CC)sc2c1. The molecule has 0 aliphatic rings. The number of hydrogen-bond donors (Lipinski definition) is 2. The first-order chi connectivity index (χ1) is 12.9. The molecule has 0 spiro atoms. The van der Waals surface area contributed by atoms with E-state index in [1.54, 1.807) is 24.3 Å². The number of anilines is 2. The Labute approximate surface area is 161 Å². The molecule has 0 bridgehead atoms. The lowest BCUT2D eigenvalue weighted by atomic mass is 10.2. The first kappa shape index (κ1) is 19.1. The van der Waals surface area contributed by atoms with Crippen LogP contribution in [-0.2, 0) is 10.0 Å². The number of fused-ring (bicyclic) bond motifs is 1. The van der Waals surface area contributed by atoms with Crippen LogP contribution in [0.15, 0.2) is 42.5 Å². The maximum Gasteiger partial charge on any atom is 0.259 e. The fraction of sp³-hybridized carbons (Fsp3) is 0.222. The third-order valence-corrected chi connectivity index (χ3v) is 5.93. The second-order valence-corrected chi connectivity index (χ2v) is 8.63. The van der Waals surface area contributed by atoms with Crippen molar-refractivity contribution in [1.82, 2.24) is 4.98 Å². The number of aromatic nitrogens is 1. The average Bonchev–Trinajstić information content (AvgIpc) is 3.03. The second-order valence-electron chi connectivity index (χ2n) is 5.59. The highest BCUT2D eigenvalue weighted by molar-refractivity contribution is 7.92. The van der Waals surface area contributed by atoms with E-state index in [0.29, 0.717) is 11.7 Å². The molecule has 3 rings (SSSR count). The molecule has 0 saturated heterocycles. The zero-order valence-corrected chi connectivity index (χ0v) is 16.5. The second kappa shape index (κ2) is 7.93. The van der Waals surface area contributed by atoms with Gasteiger partial charge in [0.25, 0.3) is 5.91 Å². The van der Waals surface area contributed by atoms with E-state index in [2.05, 4.69) is 15.0 Å². The van der Waals surface area contributed by atoms with Crippen molar-refractivity contribution in [1.29, 1.82) is 0 Å². The third-order valence-electron chi connectivity index (χ3n) is 3.71. The number of hydrogen-bond acceptors (Lipinski definition) is 6. The highest BCUT2D eigenvalue weighted by Gasteiger charge is 2.17. The molecule has 2 N–H and O–H groups in total. The van der Waals surface area contributed by atoms with Gasteiger partial charge in [-0.1, -0.05) is 23.5 Å². The lowest BCUT2D eigenvalue weighted by molar-refractivity contribution is 0.102. The predicted molar refractivity (Wildman–Crippen MR) is 108 cm³/mol. The van der Waals surface area contributed by atoms with Crippen molar-refractivity contribution in [2.45, 2.75) is 13.8 Å². The maximum absolute atomic E-state index is 12.7. The van der Waals surface area contributed by atoms with Gasteiger partial charge in [-0.25, -0.2) is 13.4 Å². The quantitative estimate of drug-likeness (QED) is 0.624. The Morgan fingerprint density at radius 2 is 1.96 bits per heavy atom. The van der Waals surface area contributed by atoms with Gasteiger partial charge in [0.1, 0.15) is 5.75 Å². The van der Waals surface area contributed by atoms with E-state index in [0.717, 1.165) is 16.0 Å². The van der Waals surface area contributed by atoms with Crippen LogP contribution in [0.25, 0.3) is 10.2 Å². The van der Waals surface area contributed by atoms with Gasteiger partial charge in [-0.15, -0.1) is 0 Å². The Morgan fingerprint density at radius 3 is 2.70 bits per heavy atom. The van der Waals surface area contributed by atoms with Gasteiger partial charge in [0.15, 0.2) is 5.13 Å². The molecular formula is C18H19N3O4S2. The van der Waals surface area contributed by atoms with Gasteiger partial charge in [-0.3, -0.25) is 14.8 Å². The number of nitrogens with zero attached hydrogens (tertiary/aromatic N) is 1. The van der Waals surface area contributed by atoms with Crippen LogP contribution in [0.2, 0.25) is 0 Å². The summed E-state index contributed by atoms with van der Waals surface area (Å²) in [4.78, 5) is 17.0.